The Kier molecular flexibility index (Phi) is 6.01. The summed E-state index contributed by atoms with van der Waals surface area (Å²) in [5.74, 6) is 0.192. The molecule has 4 aromatic carbocycles. The molecule has 0 radical (unpaired) electrons. The summed E-state index contributed by atoms with van der Waals surface area (Å²) in [5, 5.41) is 2.35. The second kappa shape index (κ2) is 8.87. The van der Waals surface area contributed by atoms with Crippen molar-refractivity contribution in [3.63, 3.8) is 0 Å². The van der Waals surface area contributed by atoms with Gasteiger partial charge in [0, 0.05) is 17.0 Å². The quantitative estimate of drug-likeness (QED) is 0.279. The predicted octanol–water partition coefficient (Wildman–Crippen LogP) is 5.65. The third kappa shape index (κ3) is 3.91. The maximum Gasteiger partial charge on any atom is 0.163 e. The molecule has 0 bridgehead atoms. The first-order valence-electron chi connectivity index (χ1n) is 10.8. The van der Waals surface area contributed by atoms with Gasteiger partial charge in [-0.15, -0.1) is 0 Å². The zero-order valence-electron chi connectivity index (χ0n) is 18.2. The summed E-state index contributed by atoms with van der Waals surface area (Å²) < 4.78 is 0. The van der Waals surface area contributed by atoms with Crippen LogP contribution in [0, 0.1) is 0 Å². The number of hydrogen-bond donors (Lipinski definition) is 0. The van der Waals surface area contributed by atoms with Crippen LogP contribution >= 0.6 is 0 Å². The van der Waals surface area contributed by atoms with Gasteiger partial charge in [0.25, 0.3) is 0 Å². The Morgan fingerprint density at radius 3 is 1.48 bits per heavy atom. The second-order valence-electron chi connectivity index (χ2n) is 8.52. The van der Waals surface area contributed by atoms with Gasteiger partial charge in [-0.25, -0.2) is 0 Å². The maximum absolute atomic E-state index is 13.6. The van der Waals surface area contributed by atoms with Gasteiger partial charge in [-0.2, -0.15) is 0 Å². The molecule has 1 unspecified atom stereocenters. The van der Waals surface area contributed by atoms with Gasteiger partial charge >= 0.3 is 0 Å². The molecule has 0 aromatic heterocycles. The van der Waals surface area contributed by atoms with Crippen LogP contribution in [0.15, 0.2) is 121 Å². The molecule has 0 saturated carbocycles. The molecule has 154 valence electrons. The minimum Gasteiger partial charge on any atom is -0.294 e. The zero-order valence-corrected chi connectivity index (χ0v) is 19.2. The van der Waals surface area contributed by atoms with E-state index in [1.807, 2.05) is 36.4 Å². The van der Waals surface area contributed by atoms with Crippen molar-refractivity contribution in [2.45, 2.75) is 24.9 Å². The summed E-state index contributed by atoms with van der Waals surface area (Å²) in [6, 6.07) is 41.9. The molecule has 0 N–H and O–H groups in total. The van der Waals surface area contributed by atoms with Crippen LogP contribution < -0.4 is 10.4 Å². The van der Waals surface area contributed by atoms with Crippen LogP contribution in [0.25, 0.3) is 0 Å². The predicted molar refractivity (Wildman–Crippen MR) is 133 cm³/mol. The fraction of sp³-hybridized carbons (Fsp3) is 0.138. The molecule has 0 saturated heterocycles. The molecule has 0 heterocycles. The summed E-state index contributed by atoms with van der Waals surface area (Å²) in [7, 11) is -2.41. The smallest absolute Gasteiger partial charge is 0.163 e. The van der Waals surface area contributed by atoms with Crippen molar-refractivity contribution in [2.75, 3.05) is 0 Å². The average molecular weight is 421 g/mol. The van der Waals surface area contributed by atoms with Gasteiger partial charge in [-0.1, -0.05) is 145 Å². The molecule has 0 amide bonds. The number of Topliss-reactive ketones (excluding diaryl/α,β-unsaturated/α-hetero) is 1. The number of rotatable bonds is 7. The van der Waals surface area contributed by atoms with Gasteiger partial charge in [0.2, 0.25) is 0 Å². The molecule has 31 heavy (non-hydrogen) atoms. The largest absolute Gasteiger partial charge is 0.294 e. The Bertz CT molecular complexity index is 1090. The fourth-order valence-corrected chi connectivity index (χ4v) is 9.35. The summed E-state index contributed by atoms with van der Waals surface area (Å²) in [4.78, 5) is 13.6. The highest BCUT2D eigenvalue weighted by atomic mass is 28.3. The second-order valence-corrected chi connectivity index (χ2v) is 13.0. The zero-order chi connectivity index (χ0) is 21.7. The molecule has 0 fully saturated rings. The first-order chi connectivity index (χ1) is 15.1. The molecule has 0 aliphatic carbocycles. The minimum absolute atomic E-state index is 0.192. The van der Waals surface area contributed by atoms with Crippen molar-refractivity contribution in [3.8, 4) is 0 Å². The SMILES string of the molecule is CC(CC(=O)c1ccccc1)(c1ccccc1)[Si](C)(c1ccccc1)c1ccccc1. The number of ketones is 1. The fourth-order valence-electron chi connectivity index (χ4n) is 4.77. The Labute approximate surface area is 186 Å². The van der Waals surface area contributed by atoms with Gasteiger partial charge in [0.15, 0.2) is 5.78 Å². The van der Waals surface area contributed by atoms with Gasteiger partial charge < -0.3 is 0 Å². The van der Waals surface area contributed by atoms with E-state index in [1.54, 1.807) is 0 Å². The minimum atomic E-state index is -2.41. The normalized spacial score (nSPS) is 13.4. The number of carbonyl (C=O) groups excluding carboxylic acids is 1. The van der Waals surface area contributed by atoms with E-state index in [2.05, 4.69) is 98.4 Å². The summed E-state index contributed by atoms with van der Waals surface area (Å²) in [6.45, 7) is 4.72. The molecule has 0 aliphatic rings. The third-order valence-electron chi connectivity index (χ3n) is 6.83. The van der Waals surface area contributed by atoms with Crippen LogP contribution in [0.3, 0.4) is 0 Å². The summed E-state index contributed by atoms with van der Waals surface area (Å²) >= 11 is 0. The van der Waals surface area contributed by atoms with E-state index in [9.17, 15) is 4.79 Å². The van der Waals surface area contributed by atoms with Crippen LogP contribution in [-0.2, 0) is 5.04 Å². The Morgan fingerprint density at radius 2 is 1.03 bits per heavy atom. The Balaban J connectivity index is 1.95. The lowest BCUT2D eigenvalue weighted by Gasteiger charge is -2.46. The molecule has 1 atom stereocenters. The molecular formula is C29H28OSi. The van der Waals surface area contributed by atoms with Crippen LogP contribution in [0.4, 0.5) is 0 Å². The highest BCUT2D eigenvalue weighted by Gasteiger charge is 2.51. The van der Waals surface area contributed by atoms with Gasteiger partial charge in [-0.05, 0) is 5.56 Å². The van der Waals surface area contributed by atoms with Crippen molar-refractivity contribution in [3.05, 3.63) is 132 Å². The van der Waals surface area contributed by atoms with Crippen LogP contribution in [0.2, 0.25) is 6.55 Å². The van der Waals surface area contributed by atoms with E-state index < -0.39 is 8.07 Å². The van der Waals surface area contributed by atoms with Crippen LogP contribution in [0.5, 0.6) is 0 Å². The highest BCUT2D eigenvalue weighted by molar-refractivity contribution is 7.03. The average Bonchev–Trinajstić information content (AvgIpc) is 2.85. The van der Waals surface area contributed by atoms with Gasteiger partial charge in [0.05, 0.1) is 0 Å². The molecule has 1 nitrogen and oxygen atoms in total. The van der Waals surface area contributed by atoms with Crippen molar-refractivity contribution in [2.24, 2.45) is 0 Å². The topological polar surface area (TPSA) is 17.1 Å². The number of hydrogen-bond acceptors (Lipinski definition) is 1. The van der Waals surface area contributed by atoms with E-state index in [1.165, 1.54) is 15.9 Å². The van der Waals surface area contributed by atoms with Crippen molar-refractivity contribution < 1.29 is 4.79 Å². The summed E-state index contributed by atoms with van der Waals surface area (Å²) in [6.07, 6.45) is 0.466. The molecule has 4 rings (SSSR count). The maximum atomic E-state index is 13.6. The van der Waals surface area contributed by atoms with Crippen LogP contribution in [0.1, 0.15) is 29.3 Å². The third-order valence-corrected chi connectivity index (χ3v) is 12.5. The lowest BCUT2D eigenvalue weighted by atomic mass is 9.92. The number of benzene rings is 4. The lowest BCUT2D eigenvalue weighted by molar-refractivity contribution is 0.0968. The van der Waals surface area contributed by atoms with E-state index in [4.69, 9.17) is 0 Å². The van der Waals surface area contributed by atoms with E-state index in [-0.39, 0.29) is 10.8 Å². The van der Waals surface area contributed by atoms with Crippen molar-refractivity contribution in [1.82, 2.24) is 0 Å². The Morgan fingerprint density at radius 1 is 0.645 bits per heavy atom. The van der Waals surface area contributed by atoms with Crippen molar-refractivity contribution >= 4 is 24.2 Å². The van der Waals surface area contributed by atoms with E-state index in [0.717, 1.165) is 5.56 Å². The van der Waals surface area contributed by atoms with Gasteiger partial charge in [0.1, 0.15) is 8.07 Å². The molecule has 0 spiro atoms. The van der Waals surface area contributed by atoms with E-state index >= 15 is 0 Å². The van der Waals surface area contributed by atoms with E-state index in [0.29, 0.717) is 6.42 Å². The lowest BCUT2D eigenvalue weighted by Crippen LogP contribution is -2.69. The molecule has 0 aliphatic heterocycles. The molecule has 4 aromatic rings. The first-order valence-corrected chi connectivity index (χ1v) is 13.3. The highest BCUT2D eigenvalue weighted by Crippen LogP contribution is 2.38. The Hall–Kier alpha value is -3.23. The number of carbonyl (C=O) groups is 1. The summed E-state index contributed by atoms with van der Waals surface area (Å²) in [5.41, 5.74) is 2.00. The van der Waals surface area contributed by atoms with Crippen LogP contribution in [-0.4, -0.2) is 13.9 Å². The van der Waals surface area contributed by atoms with Crippen molar-refractivity contribution in [1.29, 1.82) is 0 Å². The molecule has 2 heteroatoms. The molecular weight excluding hydrogens is 392 g/mol. The van der Waals surface area contributed by atoms with Gasteiger partial charge in [-0.3, -0.25) is 4.79 Å². The standard InChI is InChI=1S/C29H28OSi/c1-29(25-17-9-4-10-18-25,23-28(30)24-15-7-3-8-16-24)31(2,26-19-11-5-12-20-26)27-21-13-6-14-22-27/h3-22H,23H2,1-2H3. The monoisotopic (exact) mass is 420 g/mol. The first kappa shape index (κ1) is 21.0.